The summed E-state index contributed by atoms with van der Waals surface area (Å²) in [5.41, 5.74) is 1.75. The Bertz CT molecular complexity index is 2070. The highest BCUT2D eigenvalue weighted by molar-refractivity contribution is 7.90. The van der Waals surface area contributed by atoms with Crippen LogP contribution in [0.2, 0.25) is 5.02 Å². The minimum absolute atomic E-state index is 0.0498. The van der Waals surface area contributed by atoms with Crippen molar-refractivity contribution in [1.82, 2.24) is 20.2 Å². The summed E-state index contributed by atoms with van der Waals surface area (Å²) in [6, 6.07) is 17.5. The third-order valence-electron chi connectivity index (χ3n) is 7.94. The van der Waals surface area contributed by atoms with Crippen LogP contribution in [-0.4, -0.2) is 67.1 Å². The number of hydrogen-bond donors (Lipinski definition) is 3. The first-order chi connectivity index (χ1) is 23.5. The Morgan fingerprint density at radius 2 is 1.82 bits per heavy atom. The van der Waals surface area contributed by atoms with Gasteiger partial charge >= 0.3 is 6.03 Å². The molecule has 0 unspecified atom stereocenters. The highest BCUT2D eigenvalue weighted by Gasteiger charge is 2.26. The number of carbonyl (C=O) groups is 1. The van der Waals surface area contributed by atoms with Gasteiger partial charge in [-0.25, -0.2) is 32.0 Å². The molecule has 1 aliphatic heterocycles. The summed E-state index contributed by atoms with van der Waals surface area (Å²) in [7, 11) is -3.04. The lowest BCUT2D eigenvalue weighted by Crippen LogP contribution is -2.44. The van der Waals surface area contributed by atoms with E-state index in [-0.39, 0.29) is 11.9 Å². The van der Waals surface area contributed by atoms with Gasteiger partial charge in [0.2, 0.25) is 0 Å². The molecular formula is C34H33ClF2N6O5S. The maximum atomic E-state index is 14.0. The number of fused-ring (bicyclic) bond motifs is 1. The maximum absolute atomic E-state index is 14.0. The summed E-state index contributed by atoms with van der Waals surface area (Å²) < 4.78 is 62.8. The Balaban J connectivity index is 1.06. The molecule has 6 rings (SSSR count). The molecule has 11 nitrogen and oxygen atoms in total. The van der Waals surface area contributed by atoms with Crippen molar-refractivity contribution in [3.8, 4) is 17.1 Å². The number of ether oxygens (including phenoxy) is 1. The number of hydrogen-bond acceptors (Lipinski definition) is 9. The number of sulfone groups is 1. The number of urea groups is 1. The minimum atomic E-state index is -3.04. The molecule has 1 aliphatic rings. The molecule has 15 heteroatoms. The Morgan fingerprint density at radius 1 is 1.04 bits per heavy atom. The van der Waals surface area contributed by atoms with Gasteiger partial charge in [-0.05, 0) is 60.7 Å². The van der Waals surface area contributed by atoms with Crippen molar-refractivity contribution in [2.45, 2.75) is 25.5 Å². The fourth-order valence-corrected chi connectivity index (χ4v) is 6.12. The lowest BCUT2D eigenvalue weighted by Gasteiger charge is -2.32. The number of nitrogens with one attached hydrogen (secondary N) is 3. The monoisotopic (exact) mass is 710 g/mol. The van der Waals surface area contributed by atoms with Gasteiger partial charge < -0.3 is 30.0 Å². The van der Waals surface area contributed by atoms with Crippen LogP contribution in [0.15, 0.2) is 77.5 Å². The molecule has 5 aromatic rings. The van der Waals surface area contributed by atoms with E-state index in [0.717, 1.165) is 28.6 Å². The molecule has 1 fully saturated rings. The molecule has 0 aliphatic carbocycles. The number of benzene rings is 3. The van der Waals surface area contributed by atoms with Crippen LogP contribution < -0.4 is 20.7 Å². The lowest BCUT2D eigenvalue weighted by molar-refractivity contribution is 0.115. The van der Waals surface area contributed by atoms with Crippen LogP contribution in [-0.2, 0) is 16.4 Å². The second-order valence-corrected chi connectivity index (χ2v) is 14.3. The number of anilines is 3. The van der Waals surface area contributed by atoms with Crippen molar-refractivity contribution >= 4 is 55.6 Å². The molecule has 1 saturated heterocycles. The van der Waals surface area contributed by atoms with Gasteiger partial charge in [-0.3, -0.25) is 0 Å². The van der Waals surface area contributed by atoms with E-state index in [2.05, 4.69) is 25.9 Å². The summed E-state index contributed by atoms with van der Waals surface area (Å²) in [6.07, 6.45) is 3.48. The molecule has 3 heterocycles. The third kappa shape index (κ3) is 8.63. The number of halogens is 3. The Kier molecular flexibility index (Phi) is 10.3. The standard InChI is InChI=1S/C34H33ClF2N6O5S/c1-49(45,46)16-13-38-19-24-7-10-30(48-24)21-5-8-29-25(17-21)33(40-20-39-29)41-22-6-9-31(26(35)18-22)47-23-11-14-43(15-12-23)34(44)42-32-27(36)3-2-4-28(32)37/h2-10,17-18,20,23,38H,11-16,19H2,1H3,(H,42,44)(H,39,40,41). The van der Waals surface area contributed by atoms with Gasteiger partial charge in [0.1, 0.15) is 62.7 Å². The Morgan fingerprint density at radius 3 is 2.55 bits per heavy atom. The molecule has 0 saturated carbocycles. The zero-order chi connectivity index (χ0) is 34.5. The summed E-state index contributed by atoms with van der Waals surface area (Å²) >= 11 is 6.62. The Hall–Kier alpha value is -4.79. The Labute approximate surface area is 286 Å². The van der Waals surface area contributed by atoms with E-state index < -0.39 is 33.2 Å². The number of furan rings is 1. The summed E-state index contributed by atoms with van der Waals surface area (Å²) in [6.45, 7) is 1.41. The highest BCUT2D eigenvalue weighted by atomic mass is 35.5. The lowest BCUT2D eigenvalue weighted by atomic mass is 10.1. The van der Waals surface area contributed by atoms with Crippen molar-refractivity contribution in [3.63, 3.8) is 0 Å². The fraction of sp³-hybridized carbons (Fsp3) is 0.265. The number of carbonyl (C=O) groups excluding carboxylic acids is 1. The molecule has 0 bridgehead atoms. The van der Waals surface area contributed by atoms with E-state index in [4.69, 9.17) is 20.8 Å². The average Bonchev–Trinajstić information content (AvgIpc) is 3.55. The molecule has 49 heavy (non-hydrogen) atoms. The molecule has 3 aromatic carbocycles. The predicted octanol–water partition coefficient (Wildman–Crippen LogP) is 6.77. The van der Waals surface area contributed by atoms with Crippen LogP contribution in [0.1, 0.15) is 18.6 Å². The van der Waals surface area contributed by atoms with E-state index in [1.54, 1.807) is 12.1 Å². The van der Waals surface area contributed by atoms with Gasteiger partial charge in [0.25, 0.3) is 0 Å². The minimum Gasteiger partial charge on any atom is -0.489 e. The molecule has 256 valence electrons. The van der Waals surface area contributed by atoms with Crippen LogP contribution in [0.5, 0.6) is 5.75 Å². The molecule has 2 amide bonds. The second kappa shape index (κ2) is 14.8. The number of piperidine rings is 1. The number of para-hydroxylation sites is 1. The average molecular weight is 711 g/mol. The summed E-state index contributed by atoms with van der Waals surface area (Å²) in [5.74, 6) is 0.743. The third-order valence-corrected chi connectivity index (χ3v) is 9.18. The maximum Gasteiger partial charge on any atom is 0.322 e. The number of rotatable bonds is 11. The predicted molar refractivity (Wildman–Crippen MR) is 184 cm³/mol. The van der Waals surface area contributed by atoms with Gasteiger partial charge in [0, 0.05) is 55.4 Å². The first-order valence-corrected chi connectivity index (χ1v) is 17.9. The van der Waals surface area contributed by atoms with Crippen molar-refractivity contribution in [1.29, 1.82) is 0 Å². The van der Waals surface area contributed by atoms with E-state index in [1.807, 2.05) is 36.4 Å². The number of likely N-dealkylation sites (tertiary alicyclic amines) is 1. The van der Waals surface area contributed by atoms with E-state index in [1.165, 1.54) is 23.5 Å². The molecule has 0 atom stereocenters. The van der Waals surface area contributed by atoms with Gasteiger partial charge in [-0.1, -0.05) is 17.7 Å². The van der Waals surface area contributed by atoms with Gasteiger partial charge in [-0.2, -0.15) is 0 Å². The zero-order valence-electron chi connectivity index (χ0n) is 26.4. The van der Waals surface area contributed by atoms with Gasteiger partial charge in [-0.15, -0.1) is 0 Å². The van der Waals surface area contributed by atoms with E-state index >= 15 is 0 Å². The van der Waals surface area contributed by atoms with Crippen molar-refractivity contribution in [2.75, 3.05) is 42.3 Å². The molecule has 2 aromatic heterocycles. The summed E-state index contributed by atoms with van der Waals surface area (Å²) in [4.78, 5) is 22.9. The smallest absolute Gasteiger partial charge is 0.322 e. The van der Waals surface area contributed by atoms with Crippen LogP contribution in [0.4, 0.5) is 30.8 Å². The van der Waals surface area contributed by atoms with Crippen LogP contribution in [0.25, 0.3) is 22.2 Å². The zero-order valence-corrected chi connectivity index (χ0v) is 28.0. The first kappa shape index (κ1) is 34.1. The van der Waals surface area contributed by atoms with Crippen LogP contribution in [0, 0.1) is 11.6 Å². The summed E-state index contributed by atoms with van der Waals surface area (Å²) in [5, 5.41) is 9.85. The van der Waals surface area contributed by atoms with E-state index in [9.17, 15) is 22.0 Å². The largest absolute Gasteiger partial charge is 0.489 e. The first-order valence-electron chi connectivity index (χ1n) is 15.5. The molecular weight excluding hydrogens is 678 g/mol. The molecule has 0 radical (unpaired) electrons. The molecule has 0 spiro atoms. The normalized spacial score (nSPS) is 13.8. The van der Waals surface area contributed by atoms with Crippen molar-refractivity contribution in [2.24, 2.45) is 0 Å². The SMILES string of the molecule is CS(=O)(=O)CCNCc1ccc(-c2ccc3ncnc(Nc4ccc(OC5CCN(C(=O)Nc6c(F)cccc6F)CC5)c(Cl)c4)c3c2)o1. The van der Waals surface area contributed by atoms with Crippen molar-refractivity contribution < 1.29 is 31.1 Å². The fourth-order valence-electron chi connectivity index (χ4n) is 5.38. The van der Waals surface area contributed by atoms with Crippen molar-refractivity contribution in [3.05, 3.63) is 95.5 Å². The highest BCUT2D eigenvalue weighted by Crippen LogP contribution is 2.34. The second-order valence-electron chi connectivity index (χ2n) is 11.6. The number of nitrogens with zero attached hydrogens (tertiary/aromatic N) is 3. The number of amides is 2. The number of aromatic nitrogens is 2. The van der Waals surface area contributed by atoms with Crippen LogP contribution in [0.3, 0.4) is 0 Å². The molecule has 3 N–H and O–H groups in total. The van der Waals surface area contributed by atoms with Crippen LogP contribution >= 0.6 is 11.6 Å². The topological polar surface area (TPSA) is 139 Å². The van der Waals surface area contributed by atoms with E-state index in [0.29, 0.717) is 72.8 Å². The quantitative estimate of drug-likeness (QED) is 0.127. The van der Waals surface area contributed by atoms with Gasteiger partial charge in [0.05, 0.1) is 22.8 Å². The van der Waals surface area contributed by atoms with Gasteiger partial charge in [0.15, 0.2) is 0 Å².